The first-order valence-corrected chi connectivity index (χ1v) is 9.77. The molecule has 1 saturated heterocycles. The van der Waals surface area contributed by atoms with Crippen LogP contribution in [0.1, 0.15) is 20.7 Å². The minimum atomic E-state index is -0.582. The van der Waals surface area contributed by atoms with Crippen molar-refractivity contribution in [2.75, 3.05) is 38.5 Å². The second-order valence-electron chi connectivity index (χ2n) is 6.73. The number of hydrogen-bond donors (Lipinski definition) is 1. The van der Waals surface area contributed by atoms with Crippen LogP contribution in [-0.4, -0.2) is 59.8 Å². The number of likely N-dealkylation sites (N-methyl/N-ethyl adjacent to an activating group) is 1. The van der Waals surface area contributed by atoms with Crippen molar-refractivity contribution in [1.82, 2.24) is 14.8 Å². The average Bonchev–Trinajstić information content (AvgIpc) is 3.09. The lowest BCUT2D eigenvalue weighted by molar-refractivity contribution is 0.0664. The minimum absolute atomic E-state index is 0.000317. The zero-order valence-corrected chi connectivity index (χ0v) is 16.1. The number of rotatable bonds is 3. The Bertz CT molecular complexity index is 1040. The van der Waals surface area contributed by atoms with Crippen LogP contribution in [0.25, 0.3) is 10.2 Å². The SMILES string of the molecule is CN1CCN(C(=O)c2ccc3nc(NC(=O)c4ccccc4F)sc3c2)CC1. The summed E-state index contributed by atoms with van der Waals surface area (Å²) in [7, 11) is 2.04. The van der Waals surface area contributed by atoms with Gasteiger partial charge in [-0.1, -0.05) is 23.5 Å². The van der Waals surface area contributed by atoms with Gasteiger partial charge < -0.3 is 9.80 Å². The van der Waals surface area contributed by atoms with Gasteiger partial charge in [0.15, 0.2) is 5.13 Å². The lowest BCUT2D eigenvalue weighted by Gasteiger charge is -2.32. The van der Waals surface area contributed by atoms with E-state index in [-0.39, 0.29) is 11.5 Å². The monoisotopic (exact) mass is 398 g/mol. The van der Waals surface area contributed by atoms with Crippen LogP contribution >= 0.6 is 11.3 Å². The van der Waals surface area contributed by atoms with Crippen LogP contribution in [0.3, 0.4) is 0 Å². The Morgan fingerprint density at radius 2 is 1.86 bits per heavy atom. The average molecular weight is 398 g/mol. The lowest BCUT2D eigenvalue weighted by atomic mass is 10.1. The van der Waals surface area contributed by atoms with Gasteiger partial charge in [0, 0.05) is 31.7 Å². The number of anilines is 1. The molecule has 0 atom stereocenters. The van der Waals surface area contributed by atoms with Crippen LogP contribution in [-0.2, 0) is 0 Å². The molecule has 1 aliphatic rings. The van der Waals surface area contributed by atoms with Gasteiger partial charge in [-0.15, -0.1) is 0 Å². The topological polar surface area (TPSA) is 65.5 Å². The van der Waals surface area contributed by atoms with E-state index in [0.29, 0.717) is 29.3 Å². The highest BCUT2D eigenvalue weighted by molar-refractivity contribution is 7.22. The highest BCUT2D eigenvalue weighted by Gasteiger charge is 2.21. The van der Waals surface area contributed by atoms with Gasteiger partial charge in [-0.25, -0.2) is 9.37 Å². The molecule has 2 amide bonds. The summed E-state index contributed by atoms with van der Waals surface area (Å²) in [6, 6.07) is 11.1. The number of thiazole rings is 1. The molecule has 4 rings (SSSR count). The quantitative estimate of drug-likeness (QED) is 0.736. The van der Waals surface area contributed by atoms with E-state index in [9.17, 15) is 14.0 Å². The Hall–Kier alpha value is -2.84. The van der Waals surface area contributed by atoms with Gasteiger partial charge in [0.2, 0.25) is 0 Å². The molecule has 144 valence electrons. The maximum absolute atomic E-state index is 13.8. The molecule has 0 radical (unpaired) electrons. The Balaban J connectivity index is 1.53. The Morgan fingerprint density at radius 1 is 1.11 bits per heavy atom. The maximum atomic E-state index is 13.8. The largest absolute Gasteiger partial charge is 0.336 e. The molecular weight excluding hydrogens is 379 g/mol. The van der Waals surface area contributed by atoms with E-state index in [2.05, 4.69) is 15.2 Å². The number of fused-ring (bicyclic) bond motifs is 1. The van der Waals surface area contributed by atoms with Gasteiger partial charge in [-0.05, 0) is 37.4 Å². The molecule has 0 bridgehead atoms. The third kappa shape index (κ3) is 3.74. The fraction of sp³-hybridized carbons (Fsp3) is 0.250. The summed E-state index contributed by atoms with van der Waals surface area (Å²) in [5, 5.41) is 3.00. The Morgan fingerprint density at radius 3 is 2.61 bits per heavy atom. The predicted molar refractivity (Wildman–Crippen MR) is 107 cm³/mol. The summed E-state index contributed by atoms with van der Waals surface area (Å²) < 4.78 is 14.6. The summed E-state index contributed by atoms with van der Waals surface area (Å²) in [6.07, 6.45) is 0. The minimum Gasteiger partial charge on any atom is -0.336 e. The summed E-state index contributed by atoms with van der Waals surface area (Å²) in [6.45, 7) is 3.14. The molecule has 1 aromatic heterocycles. The number of nitrogens with one attached hydrogen (secondary N) is 1. The van der Waals surface area contributed by atoms with Crippen molar-refractivity contribution >= 4 is 38.5 Å². The van der Waals surface area contributed by atoms with Crippen molar-refractivity contribution in [2.45, 2.75) is 0 Å². The normalized spacial score (nSPS) is 15.0. The highest BCUT2D eigenvalue weighted by atomic mass is 32.1. The van der Waals surface area contributed by atoms with E-state index >= 15 is 0 Å². The van der Waals surface area contributed by atoms with Gasteiger partial charge in [-0.2, -0.15) is 0 Å². The predicted octanol–water partition coefficient (Wildman–Crippen LogP) is 3.08. The molecule has 2 heterocycles. The van der Waals surface area contributed by atoms with Crippen molar-refractivity contribution in [1.29, 1.82) is 0 Å². The first-order valence-electron chi connectivity index (χ1n) is 8.95. The smallest absolute Gasteiger partial charge is 0.260 e. The van der Waals surface area contributed by atoms with Crippen LogP contribution in [0.2, 0.25) is 0 Å². The third-order valence-corrected chi connectivity index (χ3v) is 5.70. The lowest BCUT2D eigenvalue weighted by Crippen LogP contribution is -2.47. The van der Waals surface area contributed by atoms with E-state index in [1.165, 1.54) is 29.5 Å². The molecule has 0 saturated carbocycles. The number of aromatic nitrogens is 1. The van der Waals surface area contributed by atoms with Crippen LogP contribution in [0.5, 0.6) is 0 Å². The van der Waals surface area contributed by atoms with Gasteiger partial charge >= 0.3 is 0 Å². The zero-order valence-electron chi connectivity index (χ0n) is 15.3. The number of amides is 2. The van der Waals surface area contributed by atoms with Gasteiger partial charge in [-0.3, -0.25) is 14.9 Å². The molecule has 0 spiro atoms. The summed E-state index contributed by atoms with van der Waals surface area (Å²) in [5.74, 6) is -1.13. The fourth-order valence-electron chi connectivity index (χ4n) is 3.11. The molecule has 1 aliphatic heterocycles. The summed E-state index contributed by atoms with van der Waals surface area (Å²) in [4.78, 5) is 33.4. The van der Waals surface area contributed by atoms with Crippen LogP contribution in [0.15, 0.2) is 42.5 Å². The van der Waals surface area contributed by atoms with E-state index in [0.717, 1.165) is 17.8 Å². The number of carbonyl (C=O) groups excluding carboxylic acids is 2. The van der Waals surface area contributed by atoms with E-state index < -0.39 is 11.7 Å². The van der Waals surface area contributed by atoms with Crippen LogP contribution in [0, 0.1) is 5.82 Å². The number of benzene rings is 2. The number of hydrogen-bond acceptors (Lipinski definition) is 5. The highest BCUT2D eigenvalue weighted by Crippen LogP contribution is 2.28. The number of nitrogens with zero attached hydrogens (tertiary/aromatic N) is 3. The van der Waals surface area contributed by atoms with Crippen LogP contribution < -0.4 is 5.32 Å². The molecule has 6 nitrogen and oxygen atoms in total. The molecule has 8 heteroatoms. The molecular formula is C20H19FN4O2S. The zero-order chi connectivity index (χ0) is 19.7. The standard InChI is InChI=1S/C20H19FN4O2S/c1-24-8-10-25(11-9-24)19(27)13-6-7-16-17(12-13)28-20(22-16)23-18(26)14-4-2-3-5-15(14)21/h2-7,12H,8-11H2,1H3,(H,22,23,26). The molecule has 28 heavy (non-hydrogen) atoms. The number of piperazine rings is 1. The van der Waals surface area contributed by atoms with Crippen molar-refractivity contribution in [3.05, 3.63) is 59.4 Å². The van der Waals surface area contributed by atoms with Gasteiger partial charge in [0.05, 0.1) is 15.8 Å². The summed E-state index contributed by atoms with van der Waals surface area (Å²) >= 11 is 1.26. The van der Waals surface area contributed by atoms with E-state index in [1.54, 1.807) is 24.3 Å². The van der Waals surface area contributed by atoms with Crippen LogP contribution in [0.4, 0.5) is 9.52 Å². The molecule has 2 aromatic carbocycles. The molecule has 0 unspecified atom stereocenters. The van der Waals surface area contributed by atoms with E-state index in [1.807, 2.05) is 11.9 Å². The Labute approximate surface area is 165 Å². The van der Waals surface area contributed by atoms with Crippen molar-refractivity contribution in [3.63, 3.8) is 0 Å². The molecule has 1 fully saturated rings. The fourth-order valence-corrected chi connectivity index (χ4v) is 4.01. The van der Waals surface area contributed by atoms with E-state index in [4.69, 9.17) is 0 Å². The molecule has 1 N–H and O–H groups in total. The first-order chi connectivity index (χ1) is 13.5. The second-order valence-corrected chi connectivity index (χ2v) is 7.76. The molecule has 0 aliphatic carbocycles. The first kappa shape index (κ1) is 18.5. The second kappa shape index (κ2) is 7.65. The van der Waals surface area contributed by atoms with Crippen molar-refractivity contribution < 1.29 is 14.0 Å². The van der Waals surface area contributed by atoms with Crippen molar-refractivity contribution in [2.24, 2.45) is 0 Å². The number of halogens is 1. The number of carbonyl (C=O) groups is 2. The Kier molecular flexibility index (Phi) is 5.06. The molecule has 3 aromatic rings. The summed E-state index contributed by atoms with van der Waals surface area (Å²) in [5.41, 5.74) is 1.25. The van der Waals surface area contributed by atoms with Crippen molar-refractivity contribution in [3.8, 4) is 0 Å². The maximum Gasteiger partial charge on any atom is 0.260 e. The van der Waals surface area contributed by atoms with Gasteiger partial charge in [0.25, 0.3) is 11.8 Å². The third-order valence-electron chi connectivity index (χ3n) is 4.76. The van der Waals surface area contributed by atoms with Gasteiger partial charge in [0.1, 0.15) is 5.82 Å².